The van der Waals surface area contributed by atoms with Gasteiger partial charge in [-0.15, -0.1) is 0 Å². The van der Waals surface area contributed by atoms with Crippen LogP contribution in [0.25, 0.3) is 0 Å². The molecule has 1 aliphatic rings. The Morgan fingerprint density at radius 1 is 1.42 bits per heavy atom. The zero-order valence-corrected chi connectivity index (χ0v) is 7.29. The molecule has 2 rings (SSSR count). The summed E-state index contributed by atoms with van der Waals surface area (Å²) in [6.07, 6.45) is 0. The van der Waals surface area contributed by atoms with E-state index in [4.69, 9.17) is 0 Å². The summed E-state index contributed by atoms with van der Waals surface area (Å²) in [7, 11) is 1.83. The quantitative estimate of drug-likeness (QED) is 0.565. The maximum Gasteiger partial charge on any atom is 0.254 e. The molecule has 0 bridgehead atoms. The first kappa shape index (κ1) is 7.35. The molecule has 0 aliphatic carbocycles. The van der Waals surface area contributed by atoms with Crippen LogP contribution in [-0.4, -0.2) is 17.9 Å². The molecule has 1 aromatic carbocycles. The molecule has 12 heavy (non-hydrogen) atoms. The Hall–Kier alpha value is -1.31. The Balaban J connectivity index is 2.56. The Bertz CT molecular complexity index is 344. The van der Waals surface area contributed by atoms with Gasteiger partial charge in [-0.25, -0.2) is 0 Å². The maximum atomic E-state index is 11.5. The van der Waals surface area contributed by atoms with Gasteiger partial charge < -0.3 is 4.90 Å². The lowest BCUT2D eigenvalue weighted by Crippen LogP contribution is -2.17. The predicted molar refractivity (Wildman–Crippen MR) is 47.0 cm³/mol. The molecular weight excluding hydrogens is 150 g/mol. The third-order valence-corrected chi connectivity index (χ3v) is 2.25. The molecule has 0 radical (unpaired) electrons. The van der Waals surface area contributed by atoms with Crippen molar-refractivity contribution in [3.05, 3.63) is 34.9 Å². The summed E-state index contributed by atoms with van der Waals surface area (Å²) in [6, 6.07) is 6.04. The van der Waals surface area contributed by atoms with E-state index in [0.717, 1.165) is 23.2 Å². The number of rotatable bonds is 0. The van der Waals surface area contributed by atoms with Gasteiger partial charge in [0.15, 0.2) is 0 Å². The SMILES string of the molecule is Cc1ccc2c(c1)C(=O)N(C)C2. The van der Waals surface area contributed by atoms with Crippen LogP contribution in [0.5, 0.6) is 0 Å². The summed E-state index contributed by atoms with van der Waals surface area (Å²) < 4.78 is 0. The average molecular weight is 161 g/mol. The van der Waals surface area contributed by atoms with E-state index in [0.29, 0.717) is 0 Å². The zero-order valence-electron chi connectivity index (χ0n) is 7.29. The van der Waals surface area contributed by atoms with Crippen LogP contribution >= 0.6 is 0 Å². The van der Waals surface area contributed by atoms with E-state index in [9.17, 15) is 4.79 Å². The van der Waals surface area contributed by atoms with Crippen LogP contribution in [0.4, 0.5) is 0 Å². The lowest BCUT2D eigenvalue weighted by molar-refractivity contribution is 0.0816. The molecule has 0 fully saturated rings. The van der Waals surface area contributed by atoms with Gasteiger partial charge in [-0.05, 0) is 18.6 Å². The van der Waals surface area contributed by atoms with E-state index < -0.39 is 0 Å². The van der Waals surface area contributed by atoms with Crippen LogP contribution in [0.1, 0.15) is 21.5 Å². The minimum atomic E-state index is 0.147. The smallest absolute Gasteiger partial charge is 0.254 e. The first-order chi connectivity index (χ1) is 5.68. The number of fused-ring (bicyclic) bond motifs is 1. The van der Waals surface area contributed by atoms with Crippen molar-refractivity contribution in [2.45, 2.75) is 13.5 Å². The second kappa shape index (κ2) is 2.34. The van der Waals surface area contributed by atoms with Crippen molar-refractivity contribution in [3.63, 3.8) is 0 Å². The number of hydrogen-bond donors (Lipinski definition) is 0. The standard InChI is InChI=1S/C10H11NO/c1-7-3-4-8-6-11(2)10(12)9(8)5-7/h3-5H,6H2,1-2H3. The molecule has 0 spiro atoms. The van der Waals surface area contributed by atoms with Crippen LogP contribution in [0, 0.1) is 6.92 Å². The first-order valence-corrected chi connectivity index (χ1v) is 4.03. The Morgan fingerprint density at radius 2 is 2.17 bits per heavy atom. The number of benzene rings is 1. The molecular formula is C10H11NO. The van der Waals surface area contributed by atoms with Gasteiger partial charge in [-0.1, -0.05) is 17.7 Å². The average Bonchev–Trinajstić information content (AvgIpc) is 2.31. The van der Waals surface area contributed by atoms with Gasteiger partial charge in [0.1, 0.15) is 0 Å². The molecule has 0 atom stereocenters. The third-order valence-electron chi connectivity index (χ3n) is 2.25. The van der Waals surface area contributed by atoms with Crippen molar-refractivity contribution in [2.75, 3.05) is 7.05 Å². The molecule has 1 amide bonds. The van der Waals surface area contributed by atoms with Gasteiger partial charge in [0.25, 0.3) is 5.91 Å². The Labute approximate surface area is 71.8 Å². The van der Waals surface area contributed by atoms with Crippen LogP contribution < -0.4 is 0 Å². The molecule has 1 aromatic rings. The first-order valence-electron chi connectivity index (χ1n) is 4.03. The predicted octanol–water partition coefficient (Wildman–Crippen LogP) is 1.58. The topological polar surface area (TPSA) is 20.3 Å². The van der Waals surface area contributed by atoms with E-state index >= 15 is 0 Å². The van der Waals surface area contributed by atoms with Gasteiger partial charge in [0.2, 0.25) is 0 Å². The minimum Gasteiger partial charge on any atom is -0.337 e. The van der Waals surface area contributed by atoms with Gasteiger partial charge in [-0.3, -0.25) is 4.79 Å². The largest absolute Gasteiger partial charge is 0.337 e. The van der Waals surface area contributed by atoms with Crippen LogP contribution in [0.3, 0.4) is 0 Å². The number of carbonyl (C=O) groups excluding carboxylic acids is 1. The van der Waals surface area contributed by atoms with Crippen LogP contribution in [0.2, 0.25) is 0 Å². The molecule has 2 heteroatoms. The molecule has 2 nitrogen and oxygen atoms in total. The molecule has 0 aromatic heterocycles. The van der Waals surface area contributed by atoms with Crippen molar-refractivity contribution >= 4 is 5.91 Å². The van der Waals surface area contributed by atoms with E-state index in [2.05, 4.69) is 0 Å². The van der Waals surface area contributed by atoms with Crippen LogP contribution in [-0.2, 0) is 6.54 Å². The fourth-order valence-corrected chi connectivity index (χ4v) is 1.56. The highest BCUT2D eigenvalue weighted by molar-refractivity contribution is 5.98. The Kier molecular flexibility index (Phi) is 1.43. The fourth-order valence-electron chi connectivity index (χ4n) is 1.56. The number of aryl methyl sites for hydroxylation is 1. The van der Waals surface area contributed by atoms with E-state index in [1.807, 2.05) is 32.2 Å². The summed E-state index contributed by atoms with van der Waals surface area (Å²) in [6.45, 7) is 2.76. The Morgan fingerprint density at radius 3 is 2.92 bits per heavy atom. The van der Waals surface area contributed by atoms with Crippen molar-refractivity contribution in [1.82, 2.24) is 4.90 Å². The van der Waals surface area contributed by atoms with E-state index in [-0.39, 0.29) is 5.91 Å². The van der Waals surface area contributed by atoms with Crippen LogP contribution in [0.15, 0.2) is 18.2 Å². The molecule has 62 valence electrons. The summed E-state index contributed by atoms with van der Waals surface area (Å²) in [5, 5.41) is 0. The summed E-state index contributed by atoms with van der Waals surface area (Å²) in [4.78, 5) is 13.2. The molecule has 0 N–H and O–H groups in total. The zero-order chi connectivity index (χ0) is 8.72. The fraction of sp³-hybridized carbons (Fsp3) is 0.300. The number of nitrogens with zero attached hydrogens (tertiary/aromatic N) is 1. The van der Waals surface area contributed by atoms with Gasteiger partial charge in [0, 0.05) is 19.2 Å². The van der Waals surface area contributed by atoms with Gasteiger partial charge in [-0.2, -0.15) is 0 Å². The molecule has 0 saturated carbocycles. The van der Waals surface area contributed by atoms with Crippen molar-refractivity contribution in [1.29, 1.82) is 0 Å². The normalized spacial score (nSPS) is 15.2. The van der Waals surface area contributed by atoms with Gasteiger partial charge >= 0.3 is 0 Å². The van der Waals surface area contributed by atoms with Crippen molar-refractivity contribution < 1.29 is 4.79 Å². The molecule has 1 heterocycles. The summed E-state index contributed by atoms with van der Waals surface area (Å²) >= 11 is 0. The molecule has 0 saturated heterocycles. The van der Waals surface area contributed by atoms with Crippen molar-refractivity contribution in [3.8, 4) is 0 Å². The summed E-state index contributed by atoms with van der Waals surface area (Å²) in [5.41, 5.74) is 3.17. The number of amides is 1. The monoisotopic (exact) mass is 161 g/mol. The molecule has 1 aliphatic heterocycles. The third kappa shape index (κ3) is 0.916. The highest BCUT2D eigenvalue weighted by Gasteiger charge is 2.23. The summed E-state index contributed by atoms with van der Waals surface area (Å²) in [5.74, 6) is 0.147. The van der Waals surface area contributed by atoms with E-state index in [1.54, 1.807) is 4.90 Å². The second-order valence-electron chi connectivity index (χ2n) is 3.32. The number of carbonyl (C=O) groups is 1. The minimum absolute atomic E-state index is 0.147. The maximum absolute atomic E-state index is 11.5. The van der Waals surface area contributed by atoms with E-state index in [1.165, 1.54) is 0 Å². The molecule has 0 unspecified atom stereocenters. The highest BCUT2D eigenvalue weighted by atomic mass is 16.2. The highest BCUT2D eigenvalue weighted by Crippen LogP contribution is 2.21. The van der Waals surface area contributed by atoms with Gasteiger partial charge in [0.05, 0.1) is 0 Å². The lowest BCUT2D eigenvalue weighted by atomic mass is 10.1. The van der Waals surface area contributed by atoms with Crippen molar-refractivity contribution in [2.24, 2.45) is 0 Å². The lowest BCUT2D eigenvalue weighted by Gasteiger charge is -2.04. The second-order valence-corrected chi connectivity index (χ2v) is 3.32. The number of hydrogen-bond acceptors (Lipinski definition) is 1.